The molecule has 1 aliphatic heterocycles. The van der Waals surface area contributed by atoms with Gasteiger partial charge in [-0.3, -0.25) is 0 Å². The van der Waals surface area contributed by atoms with E-state index in [1.54, 1.807) is 11.0 Å². The van der Waals surface area contributed by atoms with Gasteiger partial charge in [-0.2, -0.15) is 8.42 Å². The van der Waals surface area contributed by atoms with Gasteiger partial charge in [0.2, 0.25) is 0 Å². The molecule has 33 heavy (non-hydrogen) atoms. The molecule has 0 aromatic heterocycles. The Bertz CT molecular complexity index is 1080. The van der Waals surface area contributed by atoms with Crippen molar-refractivity contribution in [2.45, 2.75) is 56.7 Å². The van der Waals surface area contributed by atoms with Crippen LogP contribution in [0.2, 0.25) is 5.02 Å². The fraction of sp³-hybridized carbons (Fsp3) is 0.435. The molecule has 0 saturated carbocycles. The summed E-state index contributed by atoms with van der Waals surface area (Å²) >= 11 is 6.17. The summed E-state index contributed by atoms with van der Waals surface area (Å²) in [6, 6.07) is 8.51. The Morgan fingerprint density at radius 3 is 2.55 bits per heavy atom. The second-order valence-corrected chi connectivity index (χ2v) is 10.9. The number of hydrogen-bond acceptors (Lipinski definition) is 5. The van der Waals surface area contributed by atoms with Crippen LogP contribution in [0.3, 0.4) is 0 Å². The number of urea groups is 1. The Kier molecular flexibility index (Phi) is 7.87. The van der Waals surface area contributed by atoms with Gasteiger partial charge in [0.1, 0.15) is 16.5 Å². The highest BCUT2D eigenvalue weighted by atomic mass is 35.5. The molecule has 1 aliphatic rings. The highest BCUT2D eigenvalue weighted by Crippen LogP contribution is 2.28. The largest absolute Gasteiger partial charge is 0.379 e. The molecule has 180 valence electrons. The molecule has 2 aromatic carbocycles. The lowest BCUT2D eigenvalue weighted by Gasteiger charge is -2.30. The average Bonchev–Trinajstić information content (AvgIpc) is 3.21. The predicted octanol–water partition coefficient (Wildman–Crippen LogP) is 4.74. The maximum atomic E-state index is 13.2. The fourth-order valence-corrected chi connectivity index (χ4v) is 4.54. The first kappa shape index (κ1) is 25.3. The quantitative estimate of drug-likeness (QED) is 0.557. The van der Waals surface area contributed by atoms with Gasteiger partial charge in [0.25, 0.3) is 0 Å². The van der Waals surface area contributed by atoms with Gasteiger partial charge in [-0.15, -0.1) is 0 Å². The van der Waals surface area contributed by atoms with Crippen LogP contribution in [0.4, 0.5) is 9.18 Å². The molecule has 1 heterocycles. The molecule has 1 saturated heterocycles. The molecule has 1 fully saturated rings. The van der Waals surface area contributed by atoms with Crippen LogP contribution in [0.1, 0.15) is 39.2 Å². The van der Waals surface area contributed by atoms with Crippen molar-refractivity contribution >= 4 is 27.8 Å². The third-order valence-corrected chi connectivity index (χ3v) is 6.39. The molecule has 0 bridgehead atoms. The smallest absolute Gasteiger partial charge is 0.339 e. The summed E-state index contributed by atoms with van der Waals surface area (Å²) < 4.78 is 49.8. The zero-order valence-electron chi connectivity index (χ0n) is 18.8. The summed E-state index contributed by atoms with van der Waals surface area (Å²) in [5.74, 6) is -0.527. The lowest BCUT2D eigenvalue weighted by atomic mass is 10.1. The number of nitrogens with zero attached hydrogens (tertiary/aromatic N) is 1. The zero-order valence-corrected chi connectivity index (χ0v) is 20.4. The molecule has 1 N–H and O–H groups in total. The minimum absolute atomic E-state index is 0.0321. The maximum absolute atomic E-state index is 13.2. The maximum Gasteiger partial charge on any atom is 0.339 e. The van der Waals surface area contributed by atoms with Gasteiger partial charge in [0.05, 0.1) is 12.6 Å². The van der Waals surface area contributed by atoms with E-state index in [4.69, 9.17) is 20.5 Å². The predicted molar refractivity (Wildman–Crippen MR) is 123 cm³/mol. The number of nitrogens with one attached hydrogen (secondary N) is 1. The monoisotopic (exact) mass is 498 g/mol. The molecule has 7 nitrogen and oxygen atoms in total. The van der Waals surface area contributed by atoms with Crippen molar-refractivity contribution in [3.05, 3.63) is 58.9 Å². The molecule has 2 amide bonds. The van der Waals surface area contributed by atoms with E-state index < -0.39 is 21.5 Å². The summed E-state index contributed by atoms with van der Waals surface area (Å²) in [5, 5.41) is 3.30. The van der Waals surface area contributed by atoms with Gasteiger partial charge in [-0.1, -0.05) is 11.6 Å². The minimum Gasteiger partial charge on any atom is -0.379 e. The van der Waals surface area contributed by atoms with E-state index in [9.17, 15) is 17.6 Å². The fourth-order valence-electron chi connectivity index (χ4n) is 3.38. The topological polar surface area (TPSA) is 84.9 Å². The molecule has 1 atom stereocenters. The van der Waals surface area contributed by atoms with Crippen LogP contribution < -0.4 is 9.50 Å². The summed E-state index contributed by atoms with van der Waals surface area (Å²) in [6.45, 7) is 6.64. The molecule has 0 spiro atoms. The van der Waals surface area contributed by atoms with E-state index in [-0.39, 0.29) is 29.3 Å². The number of hydrogen-bond donors (Lipinski definition) is 1. The van der Waals surface area contributed by atoms with E-state index in [1.165, 1.54) is 12.1 Å². The Labute approximate surface area is 198 Å². The van der Waals surface area contributed by atoms with Crippen LogP contribution >= 0.6 is 11.6 Å². The molecule has 3 rings (SSSR count). The van der Waals surface area contributed by atoms with Crippen molar-refractivity contribution in [3.8, 4) is 5.75 Å². The molecule has 2 aromatic rings. The lowest BCUT2D eigenvalue weighted by molar-refractivity contribution is 0.0780. The summed E-state index contributed by atoms with van der Waals surface area (Å²) in [6.07, 6.45) is 1.64. The van der Waals surface area contributed by atoms with Gasteiger partial charge < -0.3 is 19.1 Å². The van der Waals surface area contributed by atoms with E-state index >= 15 is 0 Å². The Hall–Kier alpha value is -2.36. The van der Waals surface area contributed by atoms with Crippen molar-refractivity contribution < 1.29 is 26.5 Å². The highest BCUT2D eigenvalue weighted by molar-refractivity contribution is 7.87. The molecule has 1 unspecified atom stereocenters. The van der Waals surface area contributed by atoms with Gasteiger partial charge in [-0.25, -0.2) is 9.18 Å². The van der Waals surface area contributed by atoms with E-state index in [2.05, 4.69) is 5.32 Å². The molecule has 0 radical (unpaired) electrons. The Balaban J connectivity index is 1.88. The SMILES string of the molecule is CC(C)(C)NC(=O)N(Cc1cc(Cl)ccc1OS(=O)(=O)c1ccc(F)cc1)CC1CCCO1. The van der Waals surface area contributed by atoms with E-state index in [0.717, 1.165) is 37.1 Å². The first-order valence-corrected chi connectivity index (χ1v) is 12.4. The minimum atomic E-state index is -4.23. The standard InChI is InChI=1S/C23H28ClFN2O5S/c1-23(2,3)26-22(28)27(15-19-5-4-12-31-19)14-16-13-17(24)6-11-21(16)32-33(29,30)20-9-7-18(25)8-10-20/h6-11,13,19H,4-5,12,14-15H2,1-3H3,(H,26,28). The third kappa shape index (κ3) is 7.31. The summed E-state index contributed by atoms with van der Waals surface area (Å²) in [5.41, 5.74) is -0.0546. The second kappa shape index (κ2) is 10.3. The van der Waals surface area contributed by atoms with Crippen LogP contribution in [-0.2, 0) is 21.4 Å². The van der Waals surface area contributed by atoms with Gasteiger partial charge in [-0.05, 0) is 76.1 Å². The van der Waals surface area contributed by atoms with Gasteiger partial charge in [0.15, 0.2) is 0 Å². The number of amides is 2. The number of benzene rings is 2. The highest BCUT2D eigenvalue weighted by Gasteiger charge is 2.27. The first-order chi connectivity index (χ1) is 15.4. The van der Waals surface area contributed by atoms with Crippen LogP contribution in [0.5, 0.6) is 5.75 Å². The first-order valence-electron chi connectivity index (χ1n) is 10.6. The molecular weight excluding hydrogens is 471 g/mol. The Morgan fingerprint density at radius 2 is 1.94 bits per heavy atom. The molecule has 0 aliphatic carbocycles. The van der Waals surface area contributed by atoms with Crippen molar-refractivity contribution in [3.63, 3.8) is 0 Å². The second-order valence-electron chi connectivity index (χ2n) is 8.94. The summed E-state index contributed by atoms with van der Waals surface area (Å²) in [7, 11) is -4.23. The van der Waals surface area contributed by atoms with Crippen molar-refractivity contribution in [1.29, 1.82) is 0 Å². The van der Waals surface area contributed by atoms with E-state index in [0.29, 0.717) is 23.7 Å². The van der Waals surface area contributed by atoms with Crippen LogP contribution in [0, 0.1) is 5.82 Å². The number of carbonyl (C=O) groups excluding carboxylic acids is 1. The normalized spacial score (nSPS) is 16.5. The lowest BCUT2D eigenvalue weighted by Crippen LogP contribution is -2.50. The van der Waals surface area contributed by atoms with Gasteiger partial charge in [0, 0.05) is 29.3 Å². The number of rotatable bonds is 7. The summed E-state index contributed by atoms with van der Waals surface area (Å²) in [4.78, 5) is 14.4. The number of ether oxygens (including phenoxy) is 1. The van der Waals surface area contributed by atoms with Crippen molar-refractivity contribution in [2.24, 2.45) is 0 Å². The molecule has 10 heteroatoms. The molecular formula is C23H28ClFN2O5S. The number of halogens is 2. The van der Waals surface area contributed by atoms with Crippen molar-refractivity contribution in [2.75, 3.05) is 13.2 Å². The Morgan fingerprint density at radius 1 is 1.24 bits per heavy atom. The van der Waals surface area contributed by atoms with Crippen LogP contribution in [0.15, 0.2) is 47.4 Å². The van der Waals surface area contributed by atoms with Crippen molar-refractivity contribution in [1.82, 2.24) is 10.2 Å². The van der Waals surface area contributed by atoms with E-state index in [1.807, 2.05) is 20.8 Å². The third-order valence-electron chi connectivity index (χ3n) is 4.90. The van der Waals surface area contributed by atoms with Crippen LogP contribution in [0.25, 0.3) is 0 Å². The number of carbonyl (C=O) groups is 1. The van der Waals surface area contributed by atoms with Gasteiger partial charge >= 0.3 is 16.1 Å². The average molecular weight is 499 g/mol. The van der Waals surface area contributed by atoms with Crippen LogP contribution in [-0.4, -0.2) is 44.1 Å². The zero-order chi connectivity index (χ0) is 24.2.